The molecule has 0 saturated heterocycles. The van der Waals surface area contributed by atoms with Gasteiger partial charge >= 0.3 is 0 Å². The Bertz CT molecular complexity index is 796. The highest BCUT2D eigenvalue weighted by atomic mass is 32.2. The van der Waals surface area contributed by atoms with Gasteiger partial charge in [0.1, 0.15) is 16.7 Å². The van der Waals surface area contributed by atoms with E-state index >= 15 is 0 Å². The molecule has 3 N–H and O–H groups in total. The van der Waals surface area contributed by atoms with Gasteiger partial charge in [0, 0.05) is 10.9 Å². The summed E-state index contributed by atoms with van der Waals surface area (Å²) < 4.78 is 4.98. The molecule has 7 heteroatoms. The van der Waals surface area contributed by atoms with Crippen molar-refractivity contribution in [2.45, 2.75) is 16.3 Å². The smallest absolute Gasteiger partial charge is 0.176 e. The summed E-state index contributed by atoms with van der Waals surface area (Å²) in [6, 6.07) is 9.49. The number of nitrogen functional groups attached to an aromatic ring is 1. The van der Waals surface area contributed by atoms with E-state index in [1.54, 1.807) is 0 Å². The number of hydrogen-bond acceptors (Lipinski definition) is 6. The molecule has 2 heterocycles. The fourth-order valence-corrected chi connectivity index (χ4v) is 3.45. The molecular formula is C13H11N5S2. The zero-order chi connectivity index (χ0) is 14.1. The highest BCUT2D eigenvalue weighted by molar-refractivity contribution is 8.00. The lowest BCUT2D eigenvalue weighted by molar-refractivity contribution is 1.09. The summed E-state index contributed by atoms with van der Waals surface area (Å²) in [6.45, 7) is 1.86. The predicted molar refractivity (Wildman–Crippen MR) is 81.5 cm³/mol. The van der Waals surface area contributed by atoms with Gasteiger partial charge in [0.2, 0.25) is 0 Å². The van der Waals surface area contributed by atoms with E-state index in [0.717, 1.165) is 26.1 Å². The van der Waals surface area contributed by atoms with Crippen molar-refractivity contribution in [2.75, 3.05) is 0 Å². The summed E-state index contributed by atoms with van der Waals surface area (Å²) in [4.78, 5) is 8.88. The molecule has 0 radical (unpaired) electrons. The van der Waals surface area contributed by atoms with Crippen LogP contribution >= 0.6 is 23.3 Å². The molecule has 0 saturated carbocycles. The Hall–Kier alpha value is -1.99. The van der Waals surface area contributed by atoms with E-state index in [2.05, 4.69) is 14.3 Å². The number of fused-ring (bicyclic) bond motifs is 1. The van der Waals surface area contributed by atoms with Crippen LogP contribution in [0.25, 0.3) is 10.9 Å². The van der Waals surface area contributed by atoms with E-state index in [-0.39, 0.29) is 5.84 Å². The van der Waals surface area contributed by atoms with Crippen molar-refractivity contribution in [3.63, 3.8) is 0 Å². The minimum atomic E-state index is 0.0406. The van der Waals surface area contributed by atoms with E-state index in [0.29, 0.717) is 5.56 Å². The van der Waals surface area contributed by atoms with Gasteiger partial charge in [-0.25, -0.2) is 9.97 Å². The molecule has 0 unspecified atom stereocenters. The Balaban J connectivity index is 2.10. The first kappa shape index (κ1) is 13.0. The third kappa shape index (κ3) is 2.50. The Kier molecular flexibility index (Phi) is 3.37. The topological polar surface area (TPSA) is 88.5 Å². The molecule has 0 amide bonds. The third-order valence-electron chi connectivity index (χ3n) is 2.68. The zero-order valence-corrected chi connectivity index (χ0v) is 12.3. The van der Waals surface area contributed by atoms with Crippen LogP contribution in [0.5, 0.6) is 0 Å². The Labute approximate surface area is 123 Å². The van der Waals surface area contributed by atoms with Crippen LogP contribution in [0.2, 0.25) is 0 Å². The number of nitrogens with zero attached hydrogens (tertiary/aromatic N) is 3. The number of nitrogens with two attached hydrogens (primary N) is 1. The largest absolute Gasteiger partial charge is 0.384 e. The lowest BCUT2D eigenvalue weighted by Crippen LogP contribution is -2.12. The van der Waals surface area contributed by atoms with Crippen molar-refractivity contribution < 1.29 is 0 Å². The van der Waals surface area contributed by atoms with E-state index in [1.165, 1.54) is 23.3 Å². The summed E-state index contributed by atoms with van der Waals surface area (Å²) in [5, 5.41) is 9.37. The summed E-state index contributed by atoms with van der Waals surface area (Å²) in [6.07, 6.45) is 0. The average Bonchev–Trinajstić information content (AvgIpc) is 2.83. The molecule has 0 aliphatic carbocycles. The number of pyridine rings is 1. The van der Waals surface area contributed by atoms with E-state index in [9.17, 15) is 0 Å². The summed E-state index contributed by atoms with van der Waals surface area (Å²) in [5.74, 6) is 0.795. The molecular weight excluding hydrogens is 290 g/mol. The van der Waals surface area contributed by atoms with Crippen LogP contribution in [0, 0.1) is 12.3 Å². The molecule has 100 valence electrons. The van der Waals surface area contributed by atoms with Gasteiger partial charge in [-0.15, -0.1) is 0 Å². The monoisotopic (exact) mass is 301 g/mol. The van der Waals surface area contributed by atoms with Gasteiger partial charge in [-0.05, 0) is 42.4 Å². The Morgan fingerprint density at radius 3 is 2.80 bits per heavy atom. The second-order valence-electron chi connectivity index (χ2n) is 4.15. The highest BCUT2D eigenvalue weighted by Gasteiger charge is 2.10. The number of hydrogen-bond donors (Lipinski definition) is 2. The maximum atomic E-state index is 7.71. The molecule has 3 rings (SSSR count). The van der Waals surface area contributed by atoms with Gasteiger partial charge in [-0.3, -0.25) is 5.41 Å². The van der Waals surface area contributed by atoms with Gasteiger partial charge in [0.05, 0.1) is 5.52 Å². The van der Waals surface area contributed by atoms with Crippen LogP contribution < -0.4 is 5.73 Å². The zero-order valence-electron chi connectivity index (χ0n) is 10.6. The fourth-order valence-electron chi connectivity index (χ4n) is 1.84. The van der Waals surface area contributed by atoms with Crippen LogP contribution in [0.3, 0.4) is 0 Å². The van der Waals surface area contributed by atoms with Crippen molar-refractivity contribution >= 4 is 40.0 Å². The van der Waals surface area contributed by atoms with E-state index < -0.39 is 0 Å². The van der Waals surface area contributed by atoms with Gasteiger partial charge in [-0.2, -0.15) is 4.37 Å². The molecule has 2 aromatic heterocycles. The van der Waals surface area contributed by atoms with Crippen LogP contribution in [0.1, 0.15) is 11.4 Å². The standard InChI is InChI=1S/C13H11N5S2/c1-7-16-13(20-18-7)19-11-6-9(12(14)15)8-4-2-3-5-10(8)17-11/h2-6H,1H3,(H3,14,15). The molecule has 20 heavy (non-hydrogen) atoms. The minimum absolute atomic E-state index is 0.0406. The van der Waals surface area contributed by atoms with Crippen LogP contribution in [0.4, 0.5) is 0 Å². The lowest BCUT2D eigenvalue weighted by atomic mass is 10.1. The quantitative estimate of drug-likeness (QED) is 0.573. The molecule has 1 aromatic carbocycles. The van der Waals surface area contributed by atoms with Crippen molar-refractivity contribution in [2.24, 2.45) is 5.73 Å². The molecule has 0 atom stereocenters. The van der Waals surface area contributed by atoms with Crippen molar-refractivity contribution in [1.29, 1.82) is 5.41 Å². The van der Waals surface area contributed by atoms with Gasteiger partial charge < -0.3 is 5.73 Å². The number of rotatable bonds is 3. The molecule has 0 fully saturated rings. The molecule has 0 bridgehead atoms. The first-order chi connectivity index (χ1) is 9.63. The summed E-state index contributed by atoms with van der Waals surface area (Å²) >= 11 is 2.78. The van der Waals surface area contributed by atoms with Crippen molar-refractivity contribution in [3.05, 3.63) is 41.7 Å². The molecule has 0 aliphatic rings. The number of aryl methyl sites for hydroxylation is 1. The maximum Gasteiger partial charge on any atom is 0.176 e. The average molecular weight is 301 g/mol. The SMILES string of the molecule is Cc1nsc(Sc2cc(C(=N)N)c3ccccc3n2)n1. The molecule has 0 spiro atoms. The van der Waals surface area contributed by atoms with Crippen LogP contribution in [0.15, 0.2) is 39.7 Å². The van der Waals surface area contributed by atoms with Crippen LogP contribution in [-0.2, 0) is 0 Å². The Morgan fingerprint density at radius 1 is 1.30 bits per heavy atom. The highest BCUT2D eigenvalue weighted by Crippen LogP contribution is 2.30. The first-order valence-electron chi connectivity index (χ1n) is 5.86. The maximum absolute atomic E-state index is 7.71. The summed E-state index contributed by atoms with van der Waals surface area (Å²) in [7, 11) is 0. The molecule has 3 aromatic rings. The summed E-state index contributed by atoms with van der Waals surface area (Å²) in [5.41, 5.74) is 7.18. The number of benzene rings is 1. The first-order valence-corrected chi connectivity index (χ1v) is 7.45. The minimum Gasteiger partial charge on any atom is -0.384 e. The van der Waals surface area contributed by atoms with Crippen LogP contribution in [-0.4, -0.2) is 20.2 Å². The fraction of sp³-hybridized carbons (Fsp3) is 0.0769. The van der Waals surface area contributed by atoms with Gasteiger partial charge in [-0.1, -0.05) is 18.2 Å². The molecule has 5 nitrogen and oxygen atoms in total. The number of nitrogens with one attached hydrogen (secondary N) is 1. The van der Waals surface area contributed by atoms with E-state index in [4.69, 9.17) is 11.1 Å². The Morgan fingerprint density at radius 2 is 2.10 bits per heavy atom. The van der Waals surface area contributed by atoms with E-state index in [1.807, 2.05) is 37.3 Å². The number of para-hydroxylation sites is 1. The number of amidine groups is 1. The normalized spacial score (nSPS) is 10.8. The van der Waals surface area contributed by atoms with Crippen molar-refractivity contribution in [1.82, 2.24) is 14.3 Å². The predicted octanol–water partition coefficient (Wildman–Crippen LogP) is 2.83. The van der Waals surface area contributed by atoms with Crippen molar-refractivity contribution in [3.8, 4) is 0 Å². The lowest BCUT2D eigenvalue weighted by Gasteiger charge is -2.06. The molecule has 0 aliphatic heterocycles. The van der Waals surface area contributed by atoms with Gasteiger partial charge in [0.25, 0.3) is 0 Å². The second-order valence-corrected chi connectivity index (χ2v) is 6.17. The third-order valence-corrected chi connectivity index (χ3v) is 4.44. The number of aromatic nitrogens is 3. The second kappa shape index (κ2) is 5.18. The van der Waals surface area contributed by atoms with Gasteiger partial charge in [0.15, 0.2) is 4.34 Å².